The number of nitrogens with one attached hydrogen (secondary N) is 1. The fourth-order valence-corrected chi connectivity index (χ4v) is 1.58. The lowest BCUT2D eigenvalue weighted by Crippen LogP contribution is -2.16. The van der Waals surface area contributed by atoms with Gasteiger partial charge in [0.05, 0.1) is 0 Å². The SMILES string of the molecule is Cc1ccc(OC(=O)Nc2cccc(C)c2)cc1. The Kier molecular flexibility index (Phi) is 3.63. The highest BCUT2D eigenvalue weighted by molar-refractivity contribution is 5.86. The maximum Gasteiger partial charge on any atom is 0.417 e. The maximum absolute atomic E-state index is 11.6. The molecule has 0 unspecified atom stereocenters. The Bertz CT molecular complexity index is 547. The maximum atomic E-state index is 11.6. The minimum Gasteiger partial charge on any atom is -0.410 e. The predicted molar refractivity (Wildman–Crippen MR) is 72.0 cm³/mol. The predicted octanol–water partition coefficient (Wildman–Crippen LogP) is 3.91. The first-order valence-corrected chi connectivity index (χ1v) is 5.76. The first-order chi connectivity index (χ1) is 8.63. The summed E-state index contributed by atoms with van der Waals surface area (Å²) in [5, 5.41) is 2.68. The summed E-state index contributed by atoms with van der Waals surface area (Å²) < 4.78 is 5.16. The molecule has 0 bridgehead atoms. The molecule has 2 aromatic rings. The smallest absolute Gasteiger partial charge is 0.410 e. The van der Waals surface area contributed by atoms with E-state index < -0.39 is 6.09 Å². The number of carbonyl (C=O) groups excluding carboxylic acids is 1. The van der Waals surface area contributed by atoms with Crippen LogP contribution in [-0.2, 0) is 0 Å². The van der Waals surface area contributed by atoms with Gasteiger partial charge in [0.2, 0.25) is 0 Å². The van der Waals surface area contributed by atoms with E-state index in [4.69, 9.17) is 4.74 Å². The van der Waals surface area contributed by atoms with E-state index in [2.05, 4.69) is 5.32 Å². The second kappa shape index (κ2) is 5.36. The Balaban J connectivity index is 1.98. The lowest BCUT2D eigenvalue weighted by atomic mass is 10.2. The van der Waals surface area contributed by atoms with Crippen molar-refractivity contribution in [3.8, 4) is 5.75 Å². The van der Waals surface area contributed by atoms with E-state index in [9.17, 15) is 4.79 Å². The van der Waals surface area contributed by atoms with Crippen molar-refractivity contribution in [2.24, 2.45) is 0 Å². The van der Waals surface area contributed by atoms with Crippen LogP contribution in [0.25, 0.3) is 0 Å². The molecule has 0 aliphatic carbocycles. The summed E-state index contributed by atoms with van der Waals surface area (Å²) in [6.45, 7) is 3.95. The molecule has 0 spiro atoms. The van der Waals surface area contributed by atoms with Crippen LogP contribution in [0.5, 0.6) is 5.75 Å². The van der Waals surface area contributed by atoms with Gasteiger partial charge in [0.25, 0.3) is 0 Å². The minimum absolute atomic E-state index is 0.482. The molecule has 3 nitrogen and oxygen atoms in total. The fourth-order valence-electron chi connectivity index (χ4n) is 1.58. The van der Waals surface area contributed by atoms with Gasteiger partial charge in [-0.2, -0.15) is 0 Å². The van der Waals surface area contributed by atoms with E-state index in [1.807, 2.05) is 50.2 Å². The van der Waals surface area contributed by atoms with Gasteiger partial charge in [-0.25, -0.2) is 4.79 Å². The van der Waals surface area contributed by atoms with Crippen molar-refractivity contribution in [2.45, 2.75) is 13.8 Å². The van der Waals surface area contributed by atoms with Gasteiger partial charge in [0, 0.05) is 5.69 Å². The quantitative estimate of drug-likeness (QED) is 0.865. The van der Waals surface area contributed by atoms with E-state index in [-0.39, 0.29) is 0 Å². The van der Waals surface area contributed by atoms with Crippen molar-refractivity contribution in [3.05, 3.63) is 59.7 Å². The van der Waals surface area contributed by atoms with Crippen LogP contribution < -0.4 is 10.1 Å². The molecule has 0 aliphatic heterocycles. The van der Waals surface area contributed by atoms with Crippen LogP contribution in [0.3, 0.4) is 0 Å². The molecule has 0 aromatic heterocycles. The van der Waals surface area contributed by atoms with E-state index >= 15 is 0 Å². The van der Waals surface area contributed by atoms with Gasteiger partial charge in [-0.15, -0.1) is 0 Å². The molecule has 18 heavy (non-hydrogen) atoms. The van der Waals surface area contributed by atoms with Crippen molar-refractivity contribution in [1.82, 2.24) is 0 Å². The summed E-state index contributed by atoms with van der Waals surface area (Å²) in [5.74, 6) is 0.533. The molecule has 0 saturated heterocycles. The molecule has 2 aromatic carbocycles. The highest BCUT2D eigenvalue weighted by Crippen LogP contribution is 2.14. The minimum atomic E-state index is -0.482. The third-order valence-corrected chi connectivity index (χ3v) is 2.50. The molecule has 92 valence electrons. The number of rotatable bonds is 2. The summed E-state index contributed by atoms with van der Waals surface area (Å²) in [5.41, 5.74) is 2.94. The lowest BCUT2D eigenvalue weighted by molar-refractivity contribution is 0.215. The zero-order valence-corrected chi connectivity index (χ0v) is 10.4. The summed E-state index contributed by atoms with van der Waals surface area (Å²) in [7, 11) is 0. The van der Waals surface area contributed by atoms with Gasteiger partial charge >= 0.3 is 6.09 Å². The number of anilines is 1. The molecule has 1 N–H and O–H groups in total. The van der Waals surface area contributed by atoms with Crippen LogP contribution in [0.15, 0.2) is 48.5 Å². The lowest BCUT2D eigenvalue weighted by Gasteiger charge is -2.07. The standard InChI is InChI=1S/C15H15NO2/c1-11-6-8-14(9-7-11)18-15(17)16-13-5-3-4-12(2)10-13/h3-10H,1-2H3,(H,16,17). The van der Waals surface area contributed by atoms with Crippen molar-refractivity contribution >= 4 is 11.8 Å². The number of carbonyl (C=O) groups is 1. The second-order valence-corrected chi connectivity index (χ2v) is 4.20. The number of ether oxygens (including phenoxy) is 1. The van der Waals surface area contributed by atoms with Crippen molar-refractivity contribution in [3.63, 3.8) is 0 Å². The highest BCUT2D eigenvalue weighted by atomic mass is 16.6. The summed E-state index contributed by atoms with van der Waals surface area (Å²) in [4.78, 5) is 11.6. The van der Waals surface area contributed by atoms with Crippen LogP contribution in [0.4, 0.5) is 10.5 Å². The monoisotopic (exact) mass is 241 g/mol. The Morgan fingerprint density at radius 3 is 2.39 bits per heavy atom. The van der Waals surface area contributed by atoms with Crippen LogP contribution in [0, 0.1) is 13.8 Å². The molecule has 0 saturated carbocycles. The number of amides is 1. The zero-order valence-electron chi connectivity index (χ0n) is 10.4. The second-order valence-electron chi connectivity index (χ2n) is 4.20. The third-order valence-electron chi connectivity index (χ3n) is 2.50. The van der Waals surface area contributed by atoms with Crippen LogP contribution in [-0.4, -0.2) is 6.09 Å². The van der Waals surface area contributed by atoms with E-state index in [0.717, 1.165) is 16.8 Å². The first-order valence-electron chi connectivity index (χ1n) is 5.76. The molecule has 2 rings (SSSR count). The summed E-state index contributed by atoms with van der Waals surface area (Å²) in [6, 6.07) is 14.9. The Morgan fingerprint density at radius 2 is 1.72 bits per heavy atom. The molecule has 0 aliphatic rings. The highest BCUT2D eigenvalue weighted by Gasteiger charge is 2.04. The van der Waals surface area contributed by atoms with Crippen molar-refractivity contribution < 1.29 is 9.53 Å². The number of aryl methyl sites for hydroxylation is 2. The molecule has 0 atom stereocenters. The molecule has 0 heterocycles. The fraction of sp³-hybridized carbons (Fsp3) is 0.133. The van der Waals surface area contributed by atoms with Crippen LogP contribution >= 0.6 is 0 Å². The molecule has 0 radical (unpaired) electrons. The molecule has 3 heteroatoms. The van der Waals surface area contributed by atoms with Crippen LogP contribution in [0.2, 0.25) is 0 Å². The number of hydrogen-bond donors (Lipinski definition) is 1. The molecular weight excluding hydrogens is 226 g/mol. The van der Waals surface area contributed by atoms with Crippen LogP contribution in [0.1, 0.15) is 11.1 Å². The van der Waals surface area contributed by atoms with Gasteiger partial charge in [-0.05, 0) is 43.7 Å². The van der Waals surface area contributed by atoms with Gasteiger partial charge in [0.1, 0.15) is 5.75 Å². The van der Waals surface area contributed by atoms with Gasteiger partial charge in [0.15, 0.2) is 0 Å². The van der Waals surface area contributed by atoms with Crippen molar-refractivity contribution in [2.75, 3.05) is 5.32 Å². The normalized spacial score (nSPS) is 9.89. The molecule has 1 amide bonds. The molecule has 0 fully saturated rings. The Labute approximate surface area is 106 Å². The van der Waals surface area contributed by atoms with E-state index in [0.29, 0.717) is 5.75 Å². The topological polar surface area (TPSA) is 38.3 Å². The third kappa shape index (κ3) is 3.35. The van der Waals surface area contributed by atoms with E-state index in [1.165, 1.54) is 0 Å². The van der Waals surface area contributed by atoms with Gasteiger partial charge < -0.3 is 4.74 Å². The summed E-state index contributed by atoms with van der Waals surface area (Å²) in [6.07, 6.45) is -0.482. The van der Waals surface area contributed by atoms with E-state index in [1.54, 1.807) is 12.1 Å². The van der Waals surface area contributed by atoms with Crippen molar-refractivity contribution in [1.29, 1.82) is 0 Å². The first kappa shape index (κ1) is 12.2. The Hall–Kier alpha value is -2.29. The Morgan fingerprint density at radius 1 is 1.00 bits per heavy atom. The summed E-state index contributed by atoms with van der Waals surface area (Å²) >= 11 is 0. The molecular formula is C15H15NO2. The zero-order chi connectivity index (χ0) is 13.0. The van der Waals surface area contributed by atoms with Gasteiger partial charge in [-0.3, -0.25) is 5.32 Å². The average Bonchev–Trinajstić information content (AvgIpc) is 2.32. The number of benzene rings is 2. The van der Waals surface area contributed by atoms with Gasteiger partial charge in [-0.1, -0.05) is 29.8 Å². The largest absolute Gasteiger partial charge is 0.417 e. The average molecular weight is 241 g/mol. The number of hydrogen-bond acceptors (Lipinski definition) is 2.